The summed E-state index contributed by atoms with van der Waals surface area (Å²) in [5.74, 6) is 2.56. The molecular weight excluding hydrogens is 308 g/mol. The maximum atomic E-state index is 5.44. The number of fused-ring (bicyclic) bond motifs is 2. The zero-order valence-corrected chi connectivity index (χ0v) is 12.5. The summed E-state index contributed by atoms with van der Waals surface area (Å²) < 4.78 is 10.9. The lowest BCUT2D eigenvalue weighted by molar-refractivity contribution is 0.174. The molecule has 0 aliphatic carbocycles. The lowest BCUT2D eigenvalue weighted by Gasteiger charge is -2.21. The normalized spacial score (nSPS) is 14.7. The zero-order chi connectivity index (χ0) is 13.4. The summed E-state index contributed by atoms with van der Waals surface area (Å²) in [7, 11) is 2.05. The number of ether oxygens (including phenoxy) is 2. The summed E-state index contributed by atoms with van der Waals surface area (Å²) >= 11 is 3.57. The molecule has 1 atom stereocenters. The van der Waals surface area contributed by atoms with Crippen molar-refractivity contribution in [2.24, 2.45) is 0 Å². The Morgan fingerprint density at radius 2 is 2.11 bits per heavy atom. The van der Waals surface area contributed by atoms with E-state index in [-0.39, 0.29) is 0 Å². The molecule has 3 rings (SSSR count). The minimum absolute atomic E-state index is 0.294. The summed E-state index contributed by atoms with van der Waals surface area (Å²) in [6, 6.07) is 6.01. The molecule has 1 aliphatic rings. The zero-order valence-electron chi connectivity index (χ0n) is 10.9. The van der Waals surface area contributed by atoms with Gasteiger partial charge in [0.2, 0.25) is 6.79 Å². The van der Waals surface area contributed by atoms with Crippen molar-refractivity contribution < 1.29 is 9.47 Å². The van der Waals surface area contributed by atoms with Crippen molar-refractivity contribution in [1.82, 2.24) is 4.98 Å². The molecule has 0 saturated heterocycles. The third-order valence-electron chi connectivity index (χ3n) is 3.12. The van der Waals surface area contributed by atoms with Gasteiger partial charge in [0.1, 0.15) is 5.82 Å². The van der Waals surface area contributed by atoms with Gasteiger partial charge < -0.3 is 14.4 Å². The van der Waals surface area contributed by atoms with E-state index in [4.69, 9.17) is 9.47 Å². The fourth-order valence-electron chi connectivity index (χ4n) is 2.31. The molecule has 1 aliphatic heterocycles. The Morgan fingerprint density at radius 3 is 2.84 bits per heavy atom. The fraction of sp³-hybridized carbons (Fsp3) is 0.357. The van der Waals surface area contributed by atoms with E-state index < -0.39 is 0 Å². The van der Waals surface area contributed by atoms with Gasteiger partial charge in [0.05, 0.1) is 0 Å². The van der Waals surface area contributed by atoms with Crippen molar-refractivity contribution in [3.63, 3.8) is 0 Å². The predicted molar refractivity (Wildman–Crippen MR) is 79.5 cm³/mol. The number of nitrogens with zero attached hydrogens (tertiary/aromatic N) is 2. The third kappa shape index (κ3) is 2.34. The average molecular weight is 323 g/mol. The fourth-order valence-corrected chi connectivity index (χ4v) is 2.75. The van der Waals surface area contributed by atoms with E-state index >= 15 is 0 Å². The Kier molecular flexibility index (Phi) is 3.22. The molecule has 4 nitrogen and oxygen atoms in total. The highest BCUT2D eigenvalue weighted by molar-refractivity contribution is 9.09. The summed E-state index contributed by atoms with van der Waals surface area (Å²) in [6.07, 6.45) is 1.83. The van der Waals surface area contributed by atoms with Crippen molar-refractivity contribution >= 4 is 32.5 Å². The summed E-state index contributed by atoms with van der Waals surface area (Å²) in [6.45, 7) is 3.31. The largest absolute Gasteiger partial charge is 0.454 e. The number of hydrogen-bond donors (Lipinski definition) is 0. The van der Waals surface area contributed by atoms with Gasteiger partial charge in [-0.2, -0.15) is 0 Å². The van der Waals surface area contributed by atoms with Crippen LogP contribution in [0.1, 0.15) is 6.92 Å². The highest BCUT2D eigenvalue weighted by Crippen LogP contribution is 2.38. The number of benzene rings is 1. The van der Waals surface area contributed by atoms with Crippen LogP contribution in [0.25, 0.3) is 10.8 Å². The standard InChI is InChI=1S/C14H15BrN2O2/c1-9(15)7-17(2)14-11-6-13-12(18-8-19-13)5-10(11)3-4-16-14/h3-6,9H,7-8H2,1-2H3. The van der Waals surface area contributed by atoms with Crippen LogP contribution in [0, 0.1) is 0 Å². The van der Waals surface area contributed by atoms with Gasteiger partial charge in [-0.3, -0.25) is 0 Å². The molecule has 1 aromatic carbocycles. The monoisotopic (exact) mass is 322 g/mol. The second-order valence-electron chi connectivity index (χ2n) is 4.72. The van der Waals surface area contributed by atoms with E-state index in [0.29, 0.717) is 11.6 Å². The van der Waals surface area contributed by atoms with Crippen LogP contribution in [0.3, 0.4) is 0 Å². The molecule has 0 bridgehead atoms. The van der Waals surface area contributed by atoms with Gasteiger partial charge in [0, 0.05) is 30.0 Å². The van der Waals surface area contributed by atoms with Crippen LogP contribution in [0.15, 0.2) is 24.4 Å². The third-order valence-corrected chi connectivity index (χ3v) is 3.41. The predicted octanol–water partition coefficient (Wildman–Crippen LogP) is 3.18. The van der Waals surface area contributed by atoms with Gasteiger partial charge in [0.25, 0.3) is 0 Å². The first-order chi connectivity index (χ1) is 9.15. The van der Waals surface area contributed by atoms with Crippen molar-refractivity contribution in [3.8, 4) is 11.5 Å². The lowest BCUT2D eigenvalue weighted by Crippen LogP contribution is -2.24. The summed E-state index contributed by atoms with van der Waals surface area (Å²) in [4.78, 5) is 7.04. The van der Waals surface area contributed by atoms with Crippen LogP contribution >= 0.6 is 15.9 Å². The summed E-state index contributed by atoms with van der Waals surface area (Å²) in [5.41, 5.74) is 0. The Balaban J connectivity index is 2.09. The number of hydrogen-bond acceptors (Lipinski definition) is 4. The molecule has 0 radical (unpaired) electrons. The van der Waals surface area contributed by atoms with Crippen molar-refractivity contribution in [2.45, 2.75) is 11.8 Å². The molecule has 5 heteroatoms. The SMILES string of the molecule is CC(Br)CN(C)c1nccc2cc3c(cc12)OCO3. The Labute approximate surface area is 120 Å². The van der Waals surface area contributed by atoms with Gasteiger partial charge in [-0.25, -0.2) is 4.98 Å². The van der Waals surface area contributed by atoms with Crippen LogP contribution in [0.2, 0.25) is 0 Å². The molecule has 100 valence electrons. The molecule has 1 unspecified atom stereocenters. The Hall–Kier alpha value is -1.49. The Bertz CT molecular complexity index is 616. The molecular formula is C14H15BrN2O2. The number of rotatable bonds is 3. The molecule has 1 aromatic heterocycles. The van der Waals surface area contributed by atoms with E-state index in [9.17, 15) is 0 Å². The topological polar surface area (TPSA) is 34.6 Å². The Morgan fingerprint density at radius 1 is 1.37 bits per heavy atom. The second kappa shape index (κ2) is 4.89. The highest BCUT2D eigenvalue weighted by Gasteiger charge is 2.17. The van der Waals surface area contributed by atoms with Crippen LogP contribution in [-0.2, 0) is 0 Å². The molecule has 0 saturated carbocycles. The number of alkyl halides is 1. The molecule has 0 spiro atoms. The highest BCUT2D eigenvalue weighted by atomic mass is 79.9. The second-order valence-corrected chi connectivity index (χ2v) is 6.29. The van der Waals surface area contributed by atoms with Crippen molar-refractivity contribution in [1.29, 1.82) is 0 Å². The first kappa shape index (κ1) is 12.5. The molecule has 0 fully saturated rings. The molecule has 0 amide bonds. The van der Waals surface area contributed by atoms with Crippen LogP contribution in [0.4, 0.5) is 5.82 Å². The number of aromatic nitrogens is 1. The van der Waals surface area contributed by atoms with Crippen molar-refractivity contribution in [3.05, 3.63) is 24.4 Å². The first-order valence-corrected chi connectivity index (χ1v) is 7.10. The quantitative estimate of drug-likeness (QED) is 0.813. The smallest absolute Gasteiger partial charge is 0.231 e. The first-order valence-electron chi connectivity index (χ1n) is 6.18. The number of halogens is 1. The minimum Gasteiger partial charge on any atom is -0.454 e. The van der Waals surface area contributed by atoms with E-state index in [2.05, 4.69) is 32.7 Å². The van der Waals surface area contributed by atoms with E-state index in [0.717, 1.165) is 34.6 Å². The summed E-state index contributed by atoms with van der Waals surface area (Å²) in [5, 5.41) is 2.20. The minimum atomic E-state index is 0.294. The number of pyridine rings is 1. The van der Waals surface area contributed by atoms with E-state index in [1.807, 2.05) is 31.4 Å². The molecule has 0 N–H and O–H groups in total. The van der Waals surface area contributed by atoms with Crippen LogP contribution in [-0.4, -0.2) is 30.2 Å². The van der Waals surface area contributed by atoms with Gasteiger partial charge in [0.15, 0.2) is 11.5 Å². The van der Waals surface area contributed by atoms with Gasteiger partial charge in [-0.15, -0.1) is 0 Å². The van der Waals surface area contributed by atoms with Crippen molar-refractivity contribution in [2.75, 3.05) is 25.3 Å². The van der Waals surface area contributed by atoms with Gasteiger partial charge in [-0.05, 0) is 23.6 Å². The van der Waals surface area contributed by atoms with Crippen LogP contribution < -0.4 is 14.4 Å². The van der Waals surface area contributed by atoms with E-state index in [1.165, 1.54) is 0 Å². The van der Waals surface area contributed by atoms with Gasteiger partial charge >= 0.3 is 0 Å². The molecule has 19 heavy (non-hydrogen) atoms. The molecule has 2 aromatic rings. The average Bonchev–Trinajstić information content (AvgIpc) is 2.81. The number of anilines is 1. The maximum absolute atomic E-state index is 5.44. The van der Waals surface area contributed by atoms with E-state index in [1.54, 1.807) is 0 Å². The maximum Gasteiger partial charge on any atom is 0.231 e. The van der Waals surface area contributed by atoms with Crippen LogP contribution in [0.5, 0.6) is 11.5 Å². The van der Waals surface area contributed by atoms with Gasteiger partial charge in [-0.1, -0.05) is 22.9 Å². The molecule has 2 heterocycles. The lowest BCUT2D eigenvalue weighted by atomic mass is 10.1.